The topological polar surface area (TPSA) is 18.5 Å². The fourth-order valence-corrected chi connectivity index (χ4v) is 9.06. The Morgan fingerprint density at radius 3 is 1.89 bits per heavy atom. The second-order valence-corrected chi connectivity index (χ2v) is 13.0. The third-order valence-corrected chi connectivity index (χ3v) is 10.5. The minimum absolute atomic E-state index is 0.0430. The first-order valence-electron chi connectivity index (χ1n) is 12.9. The number of methoxy groups -OCH3 is 1. The zero-order valence-corrected chi connectivity index (χ0v) is 23.3. The molecular weight excluding hydrogens is 467 g/mol. The molecule has 0 radical (unpaired) electrons. The van der Waals surface area contributed by atoms with Gasteiger partial charge in [0, 0.05) is 23.0 Å². The molecule has 0 saturated heterocycles. The van der Waals surface area contributed by atoms with E-state index >= 15 is 0 Å². The van der Waals surface area contributed by atoms with Crippen LogP contribution in [0.4, 0.5) is 0 Å². The van der Waals surface area contributed by atoms with Crippen molar-refractivity contribution in [3.8, 4) is 0 Å². The van der Waals surface area contributed by atoms with E-state index < -0.39 is 8.15 Å². The van der Waals surface area contributed by atoms with Crippen LogP contribution < -0.4 is 10.6 Å². The van der Waals surface area contributed by atoms with Crippen LogP contribution in [0.15, 0.2) is 72.8 Å². The summed E-state index contributed by atoms with van der Waals surface area (Å²) in [7, 11) is 0.840. The Bertz CT molecular complexity index is 988. The second kappa shape index (κ2) is 13.1. The van der Waals surface area contributed by atoms with Crippen molar-refractivity contribution in [2.45, 2.75) is 69.5 Å². The van der Waals surface area contributed by atoms with Crippen LogP contribution in [0.3, 0.4) is 0 Å². The van der Waals surface area contributed by atoms with Crippen LogP contribution in [0.25, 0.3) is 0 Å². The maximum Gasteiger partial charge on any atom is 0.102 e. The molecule has 0 spiro atoms. The molecule has 0 heterocycles. The molecule has 2 atom stereocenters. The summed E-state index contributed by atoms with van der Waals surface area (Å²) < 4.78 is 13.0. The van der Waals surface area contributed by atoms with Crippen LogP contribution in [0, 0.1) is 20.8 Å². The average Bonchev–Trinajstić information content (AvgIpc) is 2.87. The number of aryl methyl sites for hydroxylation is 3. The number of thioether (sulfide) groups is 1. The van der Waals surface area contributed by atoms with E-state index in [0.717, 1.165) is 0 Å². The van der Waals surface area contributed by atoms with Crippen LogP contribution >= 0.6 is 19.9 Å². The molecule has 0 bridgehead atoms. The van der Waals surface area contributed by atoms with Crippen molar-refractivity contribution in [1.82, 2.24) is 0 Å². The first-order valence-corrected chi connectivity index (χ1v) is 15.1. The molecule has 2 nitrogen and oxygen atoms in total. The van der Waals surface area contributed by atoms with E-state index in [2.05, 4.69) is 105 Å². The van der Waals surface area contributed by atoms with Crippen LogP contribution in [-0.4, -0.2) is 25.1 Å². The second-order valence-electron chi connectivity index (χ2n) is 9.69. The summed E-state index contributed by atoms with van der Waals surface area (Å²) in [5.74, 6) is 0. The van der Waals surface area contributed by atoms with Gasteiger partial charge >= 0.3 is 0 Å². The molecule has 0 unspecified atom stereocenters. The minimum atomic E-state index is -0.967. The first kappa shape index (κ1) is 26.4. The molecule has 4 heteroatoms. The molecule has 186 valence electrons. The highest BCUT2D eigenvalue weighted by atomic mass is 32.2. The molecule has 1 aliphatic rings. The Labute approximate surface area is 217 Å². The molecule has 3 aromatic carbocycles. The first-order chi connectivity index (χ1) is 17.1. The van der Waals surface area contributed by atoms with Crippen molar-refractivity contribution in [3.05, 3.63) is 95.1 Å². The van der Waals surface area contributed by atoms with Crippen LogP contribution in [0.2, 0.25) is 0 Å². The van der Waals surface area contributed by atoms with Gasteiger partial charge in [0.05, 0.1) is 20.0 Å². The van der Waals surface area contributed by atoms with Crippen LogP contribution in [-0.2, 0) is 9.26 Å². The van der Waals surface area contributed by atoms with Crippen LogP contribution in [0.1, 0.15) is 59.6 Å². The van der Waals surface area contributed by atoms with Gasteiger partial charge in [-0.25, -0.2) is 0 Å². The van der Waals surface area contributed by atoms with E-state index in [1.807, 2.05) is 0 Å². The zero-order chi connectivity index (χ0) is 24.6. The highest BCUT2D eigenvalue weighted by Crippen LogP contribution is 2.48. The molecule has 0 aliphatic heterocycles. The van der Waals surface area contributed by atoms with Crippen LogP contribution in [0.5, 0.6) is 0 Å². The third kappa shape index (κ3) is 6.98. The lowest BCUT2D eigenvalue weighted by molar-refractivity contribution is 0.0894. The van der Waals surface area contributed by atoms with E-state index in [0.29, 0.717) is 11.9 Å². The summed E-state index contributed by atoms with van der Waals surface area (Å²) in [6.45, 7) is 7.31. The Kier molecular flexibility index (Phi) is 9.86. The van der Waals surface area contributed by atoms with Gasteiger partial charge in [-0.1, -0.05) is 97.6 Å². The summed E-state index contributed by atoms with van der Waals surface area (Å²) in [6, 6.07) is 26.1. The number of hydrogen-bond acceptors (Lipinski definition) is 3. The normalized spacial score (nSPS) is 16.4. The summed E-state index contributed by atoms with van der Waals surface area (Å²) in [5.41, 5.74) is 5.49. The molecule has 1 aliphatic carbocycles. The van der Waals surface area contributed by atoms with Gasteiger partial charge in [-0.2, -0.15) is 0 Å². The molecule has 3 aromatic rings. The highest BCUT2D eigenvalue weighted by Gasteiger charge is 2.33. The van der Waals surface area contributed by atoms with Crippen molar-refractivity contribution in [2.75, 3.05) is 13.7 Å². The Balaban J connectivity index is 1.74. The Morgan fingerprint density at radius 1 is 0.829 bits per heavy atom. The van der Waals surface area contributed by atoms with Gasteiger partial charge in [-0.3, -0.25) is 0 Å². The molecule has 1 saturated carbocycles. The van der Waals surface area contributed by atoms with Crippen molar-refractivity contribution in [3.63, 3.8) is 0 Å². The summed E-state index contributed by atoms with van der Waals surface area (Å²) in [5, 5.41) is 3.40. The molecular formula is C31H39O2PS. The van der Waals surface area contributed by atoms with E-state index in [9.17, 15) is 0 Å². The summed E-state index contributed by atoms with van der Waals surface area (Å²) >= 11 is 2.14. The molecule has 35 heavy (non-hydrogen) atoms. The lowest BCUT2D eigenvalue weighted by Crippen LogP contribution is -2.30. The molecule has 0 amide bonds. The lowest BCUT2D eigenvalue weighted by Gasteiger charge is -2.35. The Morgan fingerprint density at radius 2 is 1.37 bits per heavy atom. The lowest BCUT2D eigenvalue weighted by atomic mass is 9.95. The third-order valence-electron chi connectivity index (χ3n) is 6.80. The monoisotopic (exact) mass is 506 g/mol. The average molecular weight is 507 g/mol. The number of rotatable bonds is 10. The molecule has 0 aromatic heterocycles. The standard InChI is InChI=1S/C31H39O2PS/c1-23-20-24(2)30(25(3)21-23)31(35-28-18-12-7-13-19-28)29(22-32-4)33-34(26-14-8-5-9-15-26)27-16-10-6-11-17-27/h5-6,8-11,14-17,20-21,28-29,31H,7,12-13,18-19,22H2,1-4H3/t29-,31-/m0/s1. The quantitative estimate of drug-likeness (QED) is 0.261. The predicted octanol–water partition coefficient (Wildman–Crippen LogP) is 7.80. The highest BCUT2D eigenvalue weighted by molar-refractivity contribution is 8.00. The van der Waals surface area contributed by atoms with Gasteiger partial charge in [0.25, 0.3) is 0 Å². The largest absolute Gasteiger partial charge is 0.382 e. The zero-order valence-electron chi connectivity index (χ0n) is 21.6. The van der Waals surface area contributed by atoms with E-state index in [4.69, 9.17) is 9.26 Å². The SMILES string of the molecule is COC[C@H](OP(c1ccccc1)c1ccccc1)[C@H](SC1CCCCC1)c1c(C)cc(C)cc1C. The maximum absolute atomic E-state index is 7.18. The predicted molar refractivity (Wildman–Crippen MR) is 154 cm³/mol. The number of ether oxygens (including phenoxy) is 1. The Hall–Kier alpha value is -1.64. The van der Waals surface area contributed by atoms with Gasteiger partial charge in [-0.15, -0.1) is 11.8 Å². The van der Waals surface area contributed by atoms with Crippen molar-refractivity contribution < 1.29 is 9.26 Å². The molecule has 1 fully saturated rings. The van der Waals surface area contributed by atoms with E-state index in [1.54, 1.807) is 7.11 Å². The van der Waals surface area contributed by atoms with E-state index in [1.165, 1.54) is 65.0 Å². The van der Waals surface area contributed by atoms with Crippen molar-refractivity contribution in [1.29, 1.82) is 0 Å². The molecule has 0 N–H and O–H groups in total. The summed E-state index contributed by atoms with van der Waals surface area (Å²) in [6.07, 6.45) is 6.61. The van der Waals surface area contributed by atoms with Gasteiger partial charge < -0.3 is 9.26 Å². The molecule has 4 rings (SSSR count). The van der Waals surface area contributed by atoms with Gasteiger partial charge in [0.15, 0.2) is 0 Å². The number of benzene rings is 3. The van der Waals surface area contributed by atoms with Crippen molar-refractivity contribution >= 4 is 30.5 Å². The van der Waals surface area contributed by atoms with Gasteiger partial charge in [0.2, 0.25) is 0 Å². The minimum Gasteiger partial charge on any atom is -0.382 e. The smallest absolute Gasteiger partial charge is 0.102 e. The van der Waals surface area contributed by atoms with Gasteiger partial charge in [0.1, 0.15) is 6.10 Å². The van der Waals surface area contributed by atoms with E-state index in [-0.39, 0.29) is 11.4 Å². The van der Waals surface area contributed by atoms with Gasteiger partial charge in [-0.05, 0) is 50.3 Å². The number of hydrogen-bond donors (Lipinski definition) is 0. The fraction of sp³-hybridized carbons (Fsp3) is 0.419. The maximum atomic E-state index is 7.18. The van der Waals surface area contributed by atoms with Crippen molar-refractivity contribution in [2.24, 2.45) is 0 Å². The fourth-order valence-electron chi connectivity index (χ4n) is 5.26. The summed E-state index contributed by atoms with van der Waals surface area (Å²) in [4.78, 5) is 0.